The van der Waals surface area contributed by atoms with Crippen LogP contribution >= 0.6 is 0 Å². The van der Waals surface area contributed by atoms with E-state index in [-0.39, 0.29) is 23.4 Å². The number of hydrogen-bond donors (Lipinski definition) is 3. The van der Waals surface area contributed by atoms with Crippen LogP contribution in [0.15, 0.2) is 0 Å². The van der Waals surface area contributed by atoms with Gasteiger partial charge in [-0.25, -0.2) is 0 Å². The Balaban J connectivity index is 2.93. The number of rotatable bonds is 5. The fourth-order valence-electron chi connectivity index (χ4n) is 1.05. The first-order valence-electron chi connectivity index (χ1n) is 5.30. The summed E-state index contributed by atoms with van der Waals surface area (Å²) in [7, 11) is 0. The quantitative estimate of drug-likeness (QED) is 0.639. The Bertz CT molecular complexity index is 382. The lowest BCUT2D eigenvalue weighted by atomic mass is 10.2. The molecular formula is C10H18N4O3. The van der Waals surface area contributed by atoms with E-state index in [1.807, 2.05) is 13.8 Å². The fraction of sp³-hybridized carbons (Fsp3) is 0.600. The molecule has 17 heavy (non-hydrogen) atoms. The highest BCUT2D eigenvalue weighted by atomic mass is 16.6. The molecule has 0 saturated carbocycles. The molecule has 0 spiro atoms. The summed E-state index contributed by atoms with van der Waals surface area (Å²) in [6, 6.07) is 0. The minimum atomic E-state index is -1.04. The maximum atomic E-state index is 9.11. The van der Waals surface area contributed by atoms with Gasteiger partial charge in [0.05, 0.1) is 6.61 Å². The highest BCUT2D eigenvalue weighted by Gasteiger charge is 2.15. The molecule has 0 bridgehead atoms. The molecule has 1 rings (SSSR count). The van der Waals surface area contributed by atoms with Crippen molar-refractivity contribution in [1.82, 2.24) is 9.97 Å². The first kappa shape index (κ1) is 13.3. The molecule has 1 aromatic heterocycles. The average molecular weight is 242 g/mol. The van der Waals surface area contributed by atoms with Crippen molar-refractivity contribution >= 4 is 11.6 Å². The third-order valence-electron chi connectivity index (χ3n) is 1.73. The third kappa shape index (κ3) is 3.95. The predicted molar refractivity (Wildman–Crippen MR) is 63.5 cm³/mol. The van der Waals surface area contributed by atoms with Gasteiger partial charge in [0.2, 0.25) is 17.7 Å². The summed E-state index contributed by atoms with van der Waals surface area (Å²) in [5, 5.41) is 9.11. The Kier molecular flexibility index (Phi) is 4.33. The lowest BCUT2D eigenvalue weighted by molar-refractivity contribution is -0.00320. The van der Waals surface area contributed by atoms with Gasteiger partial charge in [0, 0.05) is 0 Å². The minimum Gasteiger partial charge on any atom is -0.476 e. The molecule has 1 heterocycles. The van der Waals surface area contributed by atoms with E-state index in [4.69, 9.17) is 26.0 Å². The van der Waals surface area contributed by atoms with Crippen LogP contribution < -0.4 is 20.9 Å². The molecule has 96 valence electrons. The summed E-state index contributed by atoms with van der Waals surface area (Å²) in [6.07, 6.45) is -1.04. The first-order chi connectivity index (χ1) is 7.90. The maximum Gasteiger partial charge on any atom is 0.248 e. The zero-order valence-electron chi connectivity index (χ0n) is 10.2. The van der Waals surface area contributed by atoms with Gasteiger partial charge in [-0.1, -0.05) is 13.8 Å². The van der Waals surface area contributed by atoms with E-state index in [2.05, 4.69) is 9.97 Å². The standard InChI is InChI=1S/C10H18N4O3/c1-5(2)4-16-8-7(11)9(17-6(3)15)14-10(12)13-8/h5-6,15H,4,11H2,1-3H3,(H2,12,13,14). The average Bonchev–Trinajstić information content (AvgIpc) is 2.19. The van der Waals surface area contributed by atoms with Crippen LogP contribution in [0.3, 0.4) is 0 Å². The van der Waals surface area contributed by atoms with Crippen LogP contribution in [0.25, 0.3) is 0 Å². The van der Waals surface area contributed by atoms with Gasteiger partial charge in [0.1, 0.15) is 0 Å². The van der Waals surface area contributed by atoms with E-state index in [1.165, 1.54) is 6.92 Å². The topological polar surface area (TPSA) is 117 Å². The summed E-state index contributed by atoms with van der Waals surface area (Å²) < 4.78 is 10.4. The molecule has 7 nitrogen and oxygen atoms in total. The molecule has 0 saturated heterocycles. The summed E-state index contributed by atoms with van der Waals surface area (Å²) in [5.74, 6) is 0.494. The highest BCUT2D eigenvalue weighted by Crippen LogP contribution is 2.29. The van der Waals surface area contributed by atoms with Crippen LogP contribution in [0.5, 0.6) is 11.8 Å². The van der Waals surface area contributed by atoms with Crippen molar-refractivity contribution in [2.45, 2.75) is 27.1 Å². The predicted octanol–water partition coefficient (Wildman–Crippen LogP) is 0.393. The molecule has 7 heteroatoms. The fourth-order valence-corrected chi connectivity index (χ4v) is 1.05. The van der Waals surface area contributed by atoms with Crippen molar-refractivity contribution in [3.8, 4) is 11.8 Å². The zero-order valence-corrected chi connectivity index (χ0v) is 10.2. The summed E-state index contributed by atoms with van der Waals surface area (Å²) >= 11 is 0. The third-order valence-corrected chi connectivity index (χ3v) is 1.73. The molecule has 1 unspecified atom stereocenters. The van der Waals surface area contributed by atoms with Gasteiger partial charge in [0.15, 0.2) is 12.0 Å². The number of aliphatic hydroxyl groups excluding tert-OH is 1. The van der Waals surface area contributed by atoms with Crippen molar-refractivity contribution in [2.24, 2.45) is 5.92 Å². The van der Waals surface area contributed by atoms with Crippen LogP contribution in [0.4, 0.5) is 11.6 Å². The van der Waals surface area contributed by atoms with Gasteiger partial charge >= 0.3 is 0 Å². The van der Waals surface area contributed by atoms with Crippen molar-refractivity contribution in [1.29, 1.82) is 0 Å². The zero-order chi connectivity index (χ0) is 13.0. The molecule has 0 aromatic carbocycles. The van der Waals surface area contributed by atoms with Gasteiger partial charge < -0.3 is 26.0 Å². The van der Waals surface area contributed by atoms with Crippen molar-refractivity contribution in [3.05, 3.63) is 0 Å². The largest absolute Gasteiger partial charge is 0.476 e. The molecule has 0 fully saturated rings. The lowest BCUT2D eigenvalue weighted by Crippen LogP contribution is -2.15. The number of anilines is 2. The Labute approximate surface area is 99.8 Å². The molecule has 1 aromatic rings. The second-order valence-corrected chi connectivity index (χ2v) is 4.03. The number of nitrogens with zero attached hydrogens (tertiary/aromatic N) is 2. The van der Waals surface area contributed by atoms with Crippen molar-refractivity contribution < 1.29 is 14.6 Å². The van der Waals surface area contributed by atoms with E-state index >= 15 is 0 Å². The lowest BCUT2D eigenvalue weighted by Gasteiger charge is -2.14. The molecule has 0 radical (unpaired) electrons. The second kappa shape index (κ2) is 5.53. The number of aliphatic hydroxyl groups is 1. The van der Waals surface area contributed by atoms with Gasteiger partial charge in [-0.15, -0.1) is 0 Å². The Morgan fingerprint density at radius 1 is 1.18 bits per heavy atom. The SMILES string of the molecule is CC(C)COc1nc(N)nc(OC(C)O)c1N. The number of nitrogens with two attached hydrogens (primary N) is 2. The van der Waals surface area contributed by atoms with Gasteiger partial charge in [-0.05, 0) is 12.8 Å². The highest BCUT2D eigenvalue weighted by molar-refractivity contribution is 5.58. The molecule has 0 aliphatic heterocycles. The molecule has 0 aliphatic rings. The van der Waals surface area contributed by atoms with Crippen LogP contribution in [-0.2, 0) is 0 Å². The first-order valence-corrected chi connectivity index (χ1v) is 5.30. The van der Waals surface area contributed by atoms with E-state index in [9.17, 15) is 0 Å². The van der Waals surface area contributed by atoms with Gasteiger partial charge in [0.25, 0.3) is 0 Å². The van der Waals surface area contributed by atoms with E-state index in [1.54, 1.807) is 0 Å². The Hall–Kier alpha value is -1.76. The Morgan fingerprint density at radius 3 is 2.29 bits per heavy atom. The number of nitrogen functional groups attached to an aromatic ring is 2. The molecule has 0 amide bonds. The van der Waals surface area contributed by atoms with Crippen molar-refractivity contribution in [2.75, 3.05) is 18.1 Å². The monoisotopic (exact) mass is 242 g/mol. The molecular weight excluding hydrogens is 224 g/mol. The summed E-state index contributed by atoms with van der Waals surface area (Å²) in [5.41, 5.74) is 11.4. The summed E-state index contributed by atoms with van der Waals surface area (Å²) in [4.78, 5) is 7.65. The maximum absolute atomic E-state index is 9.11. The van der Waals surface area contributed by atoms with Crippen LogP contribution in [0.2, 0.25) is 0 Å². The molecule has 0 aliphatic carbocycles. The van der Waals surface area contributed by atoms with E-state index in [0.29, 0.717) is 12.5 Å². The smallest absolute Gasteiger partial charge is 0.248 e. The van der Waals surface area contributed by atoms with E-state index < -0.39 is 6.29 Å². The van der Waals surface area contributed by atoms with Crippen LogP contribution in [0.1, 0.15) is 20.8 Å². The summed E-state index contributed by atoms with van der Waals surface area (Å²) in [6.45, 7) is 5.88. The van der Waals surface area contributed by atoms with Gasteiger partial charge in [-0.2, -0.15) is 9.97 Å². The van der Waals surface area contributed by atoms with E-state index in [0.717, 1.165) is 0 Å². The van der Waals surface area contributed by atoms with Crippen LogP contribution in [0, 0.1) is 5.92 Å². The van der Waals surface area contributed by atoms with Gasteiger partial charge in [-0.3, -0.25) is 0 Å². The number of aromatic nitrogens is 2. The number of ether oxygens (including phenoxy) is 2. The molecule has 5 N–H and O–H groups in total. The minimum absolute atomic E-state index is 0.0197. The second-order valence-electron chi connectivity index (χ2n) is 4.03. The molecule has 1 atom stereocenters. The number of hydrogen-bond acceptors (Lipinski definition) is 7. The van der Waals surface area contributed by atoms with Crippen LogP contribution in [-0.4, -0.2) is 28.0 Å². The van der Waals surface area contributed by atoms with Crippen molar-refractivity contribution in [3.63, 3.8) is 0 Å². The Morgan fingerprint density at radius 2 is 1.76 bits per heavy atom. The normalized spacial score (nSPS) is 12.5.